The maximum absolute atomic E-state index is 5.94. The highest BCUT2D eigenvalue weighted by Gasteiger charge is 2.17. The third-order valence-electron chi connectivity index (χ3n) is 2.51. The molecule has 86 valence electrons. The largest absolute Gasteiger partial charge is 0.382 e. The van der Waals surface area contributed by atoms with Crippen molar-refractivity contribution in [1.82, 2.24) is 0 Å². The first-order valence-corrected chi connectivity index (χ1v) is 5.40. The van der Waals surface area contributed by atoms with Crippen molar-refractivity contribution in [3.05, 3.63) is 0 Å². The van der Waals surface area contributed by atoms with Crippen LogP contribution in [-0.2, 0) is 9.47 Å². The Morgan fingerprint density at radius 2 is 1.93 bits per heavy atom. The molecule has 0 heterocycles. The summed E-state index contributed by atoms with van der Waals surface area (Å²) in [5, 5.41) is 0. The van der Waals surface area contributed by atoms with Crippen LogP contribution in [-0.4, -0.2) is 32.0 Å². The monoisotopic (exact) mass is 203 g/mol. The minimum absolute atomic E-state index is 0.0523. The van der Waals surface area contributed by atoms with E-state index in [1.165, 1.54) is 0 Å². The third kappa shape index (κ3) is 7.30. The Morgan fingerprint density at radius 1 is 1.29 bits per heavy atom. The van der Waals surface area contributed by atoms with Gasteiger partial charge in [-0.25, -0.2) is 0 Å². The van der Waals surface area contributed by atoms with Gasteiger partial charge in [-0.2, -0.15) is 0 Å². The van der Waals surface area contributed by atoms with Crippen molar-refractivity contribution >= 4 is 0 Å². The molecule has 1 unspecified atom stereocenters. The number of methoxy groups -OCH3 is 1. The number of rotatable bonds is 8. The van der Waals surface area contributed by atoms with Gasteiger partial charge in [0, 0.05) is 26.4 Å². The van der Waals surface area contributed by atoms with Gasteiger partial charge in [-0.05, 0) is 40.0 Å². The summed E-state index contributed by atoms with van der Waals surface area (Å²) < 4.78 is 10.6. The van der Waals surface area contributed by atoms with Crippen molar-refractivity contribution < 1.29 is 9.47 Å². The van der Waals surface area contributed by atoms with Crippen LogP contribution in [0.3, 0.4) is 0 Å². The molecule has 0 fully saturated rings. The van der Waals surface area contributed by atoms with Gasteiger partial charge in [0.1, 0.15) is 0 Å². The van der Waals surface area contributed by atoms with E-state index in [4.69, 9.17) is 15.2 Å². The molecular weight excluding hydrogens is 178 g/mol. The summed E-state index contributed by atoms with van der Waals surface area (Å²) in [5.41, 5.74) is 5.89. The summed E-state index contributed by atoms with van der Waals surface area (Å²) in [4.78, 5) is 0. The van der Waals surface area contributed by atoms with Crippen LogP contribution in [0.15, 0.2) is 0 Å². The van der Waals surface area contributed by atoms with Crippen LogP contribution in [0.25, 0.3) is 0 Å². The average Bonchev–Trinajstić information content (AvgIpc) is 2.16. The molecule has 0 aromatic carbocycles. The molecule has 0 bridgehead atoms. The zero-order valence-corrected chi connectivity index (χ0v) is 10.0. The number of nitrogens with two attached hydrogens (primary N) is 1. The van der Waals surface area contributed by atoms with E-state index in [0.29, 0.717) is 0 Å². The van der Waals surface area contributed by atoms with Crippen LogP contribution >= 0.6 is 0 Å². The Hall–Kier alpha value is -0.120. The van der Waals surface area contributed by atoms with E-state index in [1.807, 2.05) is 6.92 Å². The molecule has 0 aliphatic carbocycles. The SMILES string of the molecule is CCOCCC(N)CCC(C)(C)OC. The van der Waals surface area contributed by atoms with Gasteiger partial charge in [0.25, 0.3) is 0 Å². The first-order chi connectivity index (χ1) is 6.52. The van der Waals surface area contributed by atoms with Gasteiger partial charge in [-0.15, -0.1) is 0 Å². The molecule has 0 aromatic heterocycles. The lowest BCUT2D eigenvalue weighted by atomic mass is 9.98. The molecule has 1 atom stereocenters. The van der Waals surface area contributed by atoms with Crippen LogP contribution in [0.5, 0.6) is 0 Å². The van der Waals surface area contributed by atoms with Crippen LogP contribution in [0.1, 0.15) is 40.0 Å². The minimum atomic E-state index is -0.0523. The second-order valence-corrected chi connectivity index (χ2v) is 4.25. The molecule has 0 saturated carbocycles. The highest BCUT2D eigenvalue weighted by Crippen LogP contribution is 2.16. The first kappa shape index (κ1) is 13.9. The number of ether oxygens (including phenoxy) is 2. The molecule has 0 rings (SSSR count). The Bertz CT molecular complexity index is 137. The highest BCUT2D eigenvalue weighted by molar-refractivity contribution is 4.72. The number of hydrogen-bond acceptors (Lipinski definition) is 3. The van der Waals surface area contributed by atoms with E-state index in [2.05, 4.69) is 13.8 Å². The zero-order valence-electron chi connectivity index (χ0n) is 10.0. The maximum Gasteiger partial charge on any atom is 0.0623 e. The predicted molar refractivity (Wildman–Crippen MR) is 59.4 cm³/mol. The van der Waals surface area contributed by atoms with Gasteiger partial charge >= 0.3 is 0 Å². The van der Waals surface area contributed by atoms with Crippen molar-refractivity contribution in [3.8, 4) is 0 Å². The summed E-state index contributed by atoms with van der Waals surface area (Å²) in [6.07, 6.45) is 2.93. The Labute approximate surface area is 88.0 Å². The Balaban J connectivity index is 3.48. The standard InChI is InChI=1S/C11H25NO2/c1-5-14-9-7-10(12)6-8-11(2,3)13-4/h10H,5-9,12H2,1-4H3. The summed E-state index contributed by atoms with van der Waals surface area (Å²) in [6, 6.07) is 0.232. The Kier molecular flexibility index (Phi) is 7.15. The predicted octanol–water partition coefficient (Wildman–Crippen LogP) is 1.95. The van der Waals surface area contributed by atoms with E-state index in [1.54, 1.807) is 7.11 Å². The van der Waals surface area contributed by atoms with Crippen molar-refractivity contribution in [2.45, 2.75) is 51.7 Å². The van der Waals surface area contributed by atoms with E-state index in [9.17, 15) is 0 Å². The molecule has 0 aliphatic rings. The normalized spacial score (nSPS) is 14.4. The van der Waals surface area contributed by atoms with Crippen LogP contribution in [0.4, 0.5) is 0 Å². The van der Waals surface area contributed by atoms with Crippen LogP contribution in [0, 0.1) is 0 Å². The average molecular weight is 203 g/mol. The second kappa shape index (κ2) is 7.21. The molecule has 0 saturated heterocycles. The molecule has 3 heteroatoms. The zero-order chi connectivity index (χ0) is 11.0. The number of hydrogen-bond donors (Lipinski definition) is 1. The fraction of sp³-hybridized carbons (Fsp3) is 1.00. The second-order valence-electron chi connectivity index (χ2n) is 4.25. The molecule has 0 aliphatic heterocycles. The lowest BCUT2D eigenvalue weighted by molar-refractivity contribution is 0.0117. The summed E-state index contributed by atoms with van der Waals surface area (Å²) in [5.74, 6) is 0. The lowest BCUT2D eigenvalue weighted by Crippen LogP contribution is -2.28. The van der Waals surface area contributed by atoms with Crippen molar-refractivity contribution in [2.24, 2.45) is 5.73 Å². The fourth-order valence-corrected chi connectivity index (χ4v) is 1.16. The van der Waals surface area contributed by atoms with E-state index in [0.717, 1.165) is 32.5 Å². The minimum Gasteiger partial charge on any atom is -0.382 e. The van der Waals surface area contributed by atoms with Gasteiger partial charge in [0.2, 0.25) is 0 Å². The van der Waals surface area contributed by atoms with Crippen molar-refractivity contribution in [1.29, 1.82) is 0 Å². The third-order valence-corrected chi connectivity index (χ3v) is 2.51. The van der Waals surface area contributed by atoms with E-state index in [-0.39, 0.29) is 11.6 Å². The molecule has 0 amide bonds. The van der Waals surface area contributed by atoms with E-state index >= 15 is 0 Å². The highest BCUT2D eigenvalue weighted by atomic mass is 16.5. The van der Waals surface area contributed by atoms with Crippen LogP contribution in [0.2, 0.25) is 0 Å². The summed E-state index contributed by atoms with van der Waals surface area (Å²) in [7, 11) is 1.74. The molecular formula is C11H25NO2. The van der Waals surface area contributed by atoms with Crippen molar-refractivity contribution in [2.75, 3.05) is 20.3 Å². The van der Waals surface area contributed by atoms with Gasteiger partial charge < -0.3 is 15.2 Å². The Morgan fingerprint density at radius 3 is 2.43 bits per heavy atom. The van der Waals surface area contributed by atoms with E-state index < -0.39 is 0 Å². The van der Waals surface area contributed by atoms with Gasteiger partial charge in [0.05, 0.1) is 5.60 Å². The molecule has 0 radical (unpaired) electrons. The quantitative estimate of drug-likeness (QED) is 0.613. The maximum atomic E-state index is 5.94. The fourth-order valence-electron chi connectivity index (χ4n) is 1.16. The molecule has 3 nitrogen and oxygen atoms in total. The molecule has 14 heavy (non-hydrogen) atoms. The lowest BCUT2D eigenvalue weighted by Gasteiger charge is -2.24. The van der Waals surface area contributed by atoms with Gasteiger partial charge in [-0.1, -0.05) is 0 Å². The molecule has 0 spiro atoms. The van der Waals surface area contributed by atoms with Crippen LogP contribution < -0.4 is 5.73 Å². The smallest absolute Gasteiger partial charge is 0.0623 e. The molecule has 0 aromatic rings. The summed E-state index contributed by atoms with van der Waals surface area (Å²) >= 11 is 0. The van der Waals surface area contributed by atoms with Gasteiger partial charge in [0.15, 0.2) is 0 Å². The first-order valence-electron chi connectivity index (χ1n) is 5.40. The molecule has 2 N–H and O–H groups in total. The van der Waals surface area contributed by atoms with Crippen molar-refractivity contribution in [3.63, 3.8) is 0 Å². The topological polar surface area (TPSA) is 44.5 Å². The van der Waals surface area contributed by atoms with Gasteiger partial charge in [-0.3, -0.25) is 0 Å². The summed E-state index contributed by atoms with van der Waals surface area (Å²) in [6.45, 7) is 7.71.